The Balaban J connectivity index is 1.39. The van der Waals surface area contributed by atoms with Crippen LogP contribution in [0, 0.1) is 5.41 Å². The summed E-state index contributed by atoms with van der Waals surface area (Å²) >= 11 is 0. The van der Waals surface area contributed by atoms with Gasteiger partial charge < -0.3 is 10.2 Å². The van der Waals surface area contributed by atoms with Gasteiger partial charge in [0.15, 0.2) is 0 Å². The molecular formula is C22H28N4O2. The number of piperidine rings is 1. The third-order valence-corrected chi connectivity index (χ3v) is 6.35. The number of likely N-dealkylation sites (tertiary alicyclic amines) is 1. The van der Waals surface area contributed by atoms with Crippen LogP contribution in [0.3, 0.4) is 0 Å². The Morgan fingerprint density at radius 1 is 1.21 bits per heavy atom. The number of rotatable bonds is 7. The Kier molecular flexibility index (Phi) is 5.46. The molecule has 1 N–H and O–H groups in total. The minimum Gasteiger partial charge on any atom is -0.355 e. The van der Waals surface area contributed by atoms with Gasteiger partial charge in [-0.25, -0.2) is 0 Å². The first-order valence-corrected chi connectivity index (χ1v) is 10.2. The van der Waals surface area contributed by atoms with Gasteiger partial charge in [0.25, 0.3) is 0 Å². The third kappa shape index (κ3) is 3.96. The second-order valence-corrected chi connectivity index (χ2v) is 8.07. The molecule has 0 spiro atoms. The lowest BCUT2D eigenvalue weighted by Gasteiger charge is -2.46. The summed E-state index contributed by atoms with van der Waals surface area (Å²) in [7, 11) is 0. The molecule has 4 rings (SSSR count). The maximum atomic E-state index is 12.7. The lowest BCUT2D eigenvalue weighted by molar-refractivity contribution is -0.142. The van der Waals surface area contributed by atoms with Crippen molar-refractivity contribution in [1.29, 1.82) is 0 Å². The molecular weight excluding hydrogens is 352 g/mol. The highest BCUT2D eigenvalue weighted by atomic mass is 16.2. The van der Waals surface area contributed by atoms with Crippen LogP contribution in [0.25, 0.3) is 0 Å². The summed E-state index contributed by atoms with van der Waals surface area (Å²) in [4.78, 5) is 27.1. The minimum absolute atomic E-state index is 0.0179. The van der Waals surface area contributed by atoms with Crippen molar-refractivity contribution in [1.82, 2.24) is 20.0 Å². The van der Waals surface area contributed by atoms with Crippen LogP contribution in [-0.2, 0) is 22.7 Å². The number of hydrogen-bond donors (Lipinski definition) is 1. The number of hydrogen-bond acceptors (Lipinski definition) is 3. The third-order valence-electron chi connectivity index (χ3n) is 6.35. The Hall–Kier alpha value is -2.63. The van der Waals surface area contributed by atoms with Crippen molar-refractivity contribution in [2.24, 2.45) is 5.41 Å². The molecule has 1 aromatic carbocycles. The van der Waals surface area contributed by atoms with E-state index in [4.69, 9.17) is 0 Å². The van der Waals surface area contributed by atoms with Crippen LogP contribution in [-0.4, -0.2) is 39.1 Å². The van der Waals surface area contributed by atoms with Crippen LogP contribution in [0.5, 0.6) is 0 Å². The number of benzene rings is 1. The zero-order valence-electron chi connectivity index (χ0n) is 16.2. The van der Waals surface area contributed by atoms with E-state index >= 15 is 0 Å². The first-order valence-electron chi connectivity index (χ1n) is 10.2. The van der Waals surface area contributed by atoms with E-state index in [2.05, 4.69) is 27.4 Å². The number of carbonyl (C=O) groups is 2. The SMILES string of the molecule is O=C(CCn1cccn1)NCC12CCCC1N(Cc1ccccc1)C(=O)CC2. The van der Waals surface area contributed by atoms with Gasteiger partial charge >= 0.3 is 0 Å². The normalized spacial score (nSPS) is 24.2. The predicted molar refractivity (Wildman–Crippen MR) is 106 cm³/mol. The molecule has 1 aliphatic carbocycles. The van der Waals surface area contributed by atoms with E-state index < -0.39 is 0 Å². The van der Waals surface area contributed by atoms with Crippen LogP contribution in [0.15, 0.2) is 48.8 Å². The van der Waals surface area contributed by atoms with Gasteiger partial charge in [-0.3, -0.25) is 14.3 Å². The molecule has 148 valence electrons. The van der Waals surface area contributed by atoms with E-state index in [1.165, 1.54) is 5.56 Å². The van der Waals surface area contributed by atoms with Crippen molar-refractivity contribution in [3.8, 4) is 0 Å². The summed E-state index contributed by atoms with van der Waals surface area (Å²) in [6.07, 6.45) is 8.69. The fourth-order valence-corrected chi connectivity index (χ4v) is 4.86. The average Bonchev–Trinajstić information content (AvgIpc) is 3.38. The first kappa shape index (κ1) is 18.7. The fourth-order valence-electron chi connectivity index (χ4n) is 4.86. The standard InChI is InChI=1S/C22H28N4O2/c27-20(10-15-25-14-5-13-24-25)23-17-22-11-4-8-19(22)26(21(28)9-12-22)16-18-6-2-1-3-7-18/h1-3,5-7,13-14,19H,4,8-12,15-17H2,(H,23,27). The molecule has 2 unspecified atom stereocenters. The largest absolute Gasteiger partial charge is 0.355 e. The average molecular weight is 380 g/mol. The molecule has 2 aromatic rings. The summed E-state index contributed by atoms with van der Waals surface area (Å²) in [5.74, 6) is 0.304. The van der Waals surface area contributed by atoms with E-state index in [-0.39, 0.29) is 23.3 Å². The number of aromatic nitrogens is 2. The quantitative estimate of drug-likeness (QED) is 0.803. The van der Waals surface area contributed by atoms with E-state index in [0.29, 0.717) is 32.5 Å². The van der Waals surface area contributed by atoms with Crippen molar-refractivity contribution in [3.05, 3.63) is 54.4 Å². The van der Waals surface area contributed by atoms with Crippen LogP contribution in [0.4, 0.5) is 0 Å². The van der Waals surface area contributed by atoms with Crippen molar-refractivity contribution >= 4 is 11.8 Å². The molecule has 1 aromatic heterocycles. The summed E-state index contributed by atoms with van der Waals surface area (Å²) in [6, 6.07) is 12.3. The van der Waals surface area contributed by atoms with Gasteiger partial charge in [-0.05, 0) is 30.9 Å². The van der Waals surface area contributed by atoms with Gasteiger partial charge in [-0.2, -0.15) is 5.10 Å². The first-order chi connectivity index (χ1) is 13.7. The number of carbonyl (C=O) groups excluding carboxylic acids is 2. The van der Waals surface area contributed by atoms with Crippen LogP contribution in [0.1, 0.15) is 44.1 Å². The van der Waals surface area contributed by atoms with E-state index in [0.717, 1.165) is 25.7 Å². The summed E-state index contributed by atoms with van der Waals surface area (Å²) in [5.41, 5.74) is 1.19. The van der Waals surface area contributed by atoms with Gasteiger partial charge in [0.1, 0.15) is 0 Å². The van der Waals surface area contributed by atoms with E-state index in [1.807, 2.05) is 30.5 Å². The van der Waals surface area contributed by atoms with Gasteiger partial charge in [0, 0.05) is 56.3 Å². The highest BCUT2D eigenvalue weighted by Gasteiger charge is 2.50. The summed E-state index contributed by atoms with van der Waals surface area (Å²) in [5, 5.41) is 7.30. The molecule has 1 saturated heterocycles. The minimum atomic E-state index is 0.0179. The monoisotopic (exact) mass is 380 g/mol. The number of fused-ring (bicyclic) bond motifs is 1. The van der Waals surface area contributed by atoms with E-state index in [9.17, 15) is 9.59 Å². The van der Waals surface area contributed by atoms with Crippen molar-refractivity contribution < 1.29 is 9.59 Å². The number of aryl methyl sites for hydroxylation is 1. The van der Waals surface area contributed by atoms with Crippen LogP contribution < -0.4 is 5.32 Å². The van der Waals surface area contributed by atoms with Gasteiger partial charge in [0.2, 0.25) is 11.8 Å². The maximum absolute atomic E-state index is 12.7. The molecule has 2 amide bonds. The van der Waals surface area contributed by atoms with Crippen LogP contribution in [0.2, 0.25) is 0 Å². The molecule has 0 radical (unpaired) electrons. The Morgan fingerprint density at radius 3 is 2.86 bits per heavy atom. The van der Waals surface area contributed by atoms with E-state index in [1.54, 1.807) is 10.9 Å². The molecule has 2 fully saturated rings. The van der Waals surface area contributed by atoms with Gasteiger partial charge in [-0.15, -0.1) is 0 Å². The zero-order valence-corrected chi connectivity index (χ0v) is 16.2. The fraction of sp³-hybridized carbons (Fsp3) is 0.500. The van der Waals surface area contributed by atoms with Gasteiger partial charge in [0.05, 0.1) is 0 Å². The van der Waals surface area contributed by atoms with Crippen LogP contribution >= 0.6 is 0 Å². The Labute approximate surface area is 165 Å². The zero-order chi connectivity index (χ0) is 19.4. The molecule has 1 aliphatic heterocycles. The number of nitrogens with one attached hydrogen (secondary N) is 1. The Bertz CT molecular complexity index is 805. The molecule has 2 aliphatic rings. The highest BCUT2D eigenvalue weighted by molar-refractivity contribution is 5.78. The van der Waals surface area contributed by atoms with Gasteiger partial charge in [-0.1, -0.05) is 36.8 Å². The summed E-state index contributed by atoms with van der Waals surface area (Å²) < 4.78 is 1.77. The van der Waals surface area contributed by atoms with Crippen molar-refractivity contribution in [2.45, 2.75) is 57.7 Å². The molecule has 28 heavy (non-hydrogen) atoms. The summed E-state index contributed by atoms with van der Waals surface area (Å²) in [6.45, 7) is 1.92. The Morgan fingerprint density at radius 2 is 2.07 bits per heavy atom. The molecule has 2 heterocycles. The topological polar surface area (TPSA) is 67.2 Å². The lowest BCUT2D eigenvalue weighted by atomic mass is 9.74. The van der Waals surface area contributed by atoms with Crippen molar-refractivity contribution in [3.63, 3.8) is 0 Å². The molecule has 6 nitrogen and oxygen atoms in total. The molecule has 0 bridgehead atoms. The lowest BCUT2D eigenvalue weighted by Crippen LogP contribution is -2.55. The maximum Gasteiger partial charge on any atom is 0.223 e. The van der Waals surface area contributed by atoms with Crippen molar-refractivity contribution in [2.75, 3.05) is 6.54 Å². The molecule has 1 saturated carbocycles. The second kappa shape index (κ2) is 8.17. The smallest absolute Gasteiger partial charge is 0.223 e. The molecule has 2 atom stereocenters. The predicted octanol–water partition coefficient (Wildman–Crippen LogP) is 2.75. The molecule has 6 heteroatoms. The second-order valence-electron chi connectivity index (χ2n) is 8.07. The highest BCUT2D eigenvalue weighted by Crippen LogP contribution is 2.48. The number of nitrogens with zero attached hydrogens (tertiary/aromatic N) is 3. The number of amides is 2.